The maximum absolute atomic E-state index is 9.12. The van der Waals surface area contributed by atoms with Gasteiger partial charge in [-0.25, -0.2) is 0 Å². The maximum atomic E-state index is 9.12. The Morgan fingerprint density at radius 1 is 0.917 bits per heavy atom. The molecule has 5 N–H and O–H groups in total. The summed E-state index contributed by atoms with van der Waals surface area (Å²) in [5, 5.41) is 44.7. The van der Waals surface area contributed by atoms with Crippen molar-refractivity contribution in [3.63, 3.8) is 0 Å². The molecule has 12 heavy (non-hydrogen) atoms. The van der Waals surface area contributed by atoms with Crippen LogP contribution in [0.5, 0.6) is 0 Å². The van der Waals surface area contributed by atoms with Gasteiger partial charge in [-0.2, -0.15) is 0 Å². The Kier molecular flexibility index (Phi) is 2.99. The van der Waals surface area contributed by atoms with Crippen molar-refractivity contribution >= 4 is 0 Å². The molecule has 6 heteroatoms. The fourth-order valence-electron chi connectivity index (χ4n) is 1.08. The number of hydrogen-bond donors (Lipinski definition) is 5. The second kappa shape index (κ2) is 3.65. The summed E-state index contributed by atoms with van der Waals surface area (Å²) in [6.45, 7) is -0.526. The van der Waals surface area contributed by atoms with E-state index < -0.39 is 37.3 Å². The Balaban J connectivity index is 2.63. The van der Waals surface area contributed by atoms with Crippen molar-refractivity contribution in [2.45, 2.75) is 30.7 Å². The molecule has 1 aliphatic heterocycles. The van der Waals surface area contributed by atoms with E-state index in [-0.39, 0.29) is 0 Å². The Morgan fingerprint density at radius 2 is 1.50 bits per heavy atom. The first kappa shape index (κ1) is 9.85. The van der Waals surface area contributed by atoms with Crippen molar-refractivity contribution in [2.24, 2.45) is 0 Å². The van der Waals surface area contributed by atoms with E-state index in [9.17, 15) is 0 Å². The second-order valence-electron chi connectivity index (χ2n) is 2.72. The van der Waals surface area contributed by atoms with Gasteiger partial charge in [-0.1, -0.05) is 0 Å². The van der Waals surface area contributed by atoms with Crippen LogP contribution in [0.3, 0.4) is 0 Å². The molecule has 5 atom stereocenters. The van der Waals surface area contributed by atoms with Crippen molar-refractivity contribution in [1.82, 2.24) is 0 Å². The smallest absolute Gasteiger partial charge is 0.184 e. The second-order valence-corrected chi connectivity index (χ2v) is 2.72. The predicted molar refractivity (Wildman–Crippen MR) is 36.0 cm³/mol. The lowest BCUT2D eigenvalue weighted by Gasteiger charge is -2.37. The fourth-order valence-corrected chi connectivity index (χ4v) is 1.08. The summed E-state index contributed by atoms with van der Waals surface area (Å²) in [6.07, 6.45) is -7.04. The lowest BCUT2D eigenvalue weighted by Crippen LogP contribution is -2.58. The van der Waals surface area contributed by atoms with Crippen LogP contribution in [-0.2, 0) is 4.74 Å². The summed E-state index contributed by atoms with van der Waals surface area (Å²) < 4.78 is 4.58. The molecule has 0 aromatic carbocycles. The lowest BCUT2D eigenvalue weighted by molar-refractivity contribution is -0.286. The minimum Gasteiger partial charge on any atom is -0.394 e. The van der Waals surface area contributed by atoms with E-state index in [1.54, 1.807) is 0 Å². The highest BCUT2D eigenvalue weighted by molar-refractivity contribution is 4.87. The molecule has 1 aliphatic rings. The summed E-state index contributed by atoms with van der Waals surface area (Å²) in [5.41, 5.74) is 0. The van der Waals surface area contributed by atoms with E-state index in [0.717, 1.165) is 0 Å². The van der Waals surface area contributed by atoms with Crippen LogP contribution in [0, 0.1) is 0 Å². The monoisotopic (exact) mass is 180 g/mol. The molecule has 1 saturated heterocycles. The van der Waals surface area contributed by atoms with Crippen LogP contribution in [0.25, 0.3) is 0 Å². The highest BCUT2D eigenvalue weighted by Gasteiger charge is 2.42. The highest BCUT2D eigenvalue weighted by atomic mass is 16.6. The highest BCUT2D eigenvalue weighted by Crippen LogP contribution is 2.18. The summed E-state index contributed by atoms with van der Waals surface area (Å²) >= 11 is 0. The van der Waals surface area contributed by atoms with Crippen LogP contribution >= 0.6 is 0 Å². The fraction of sp³-hybridized carbons (Fsp3) is 1.00. The van der Waals surface area contributed by atoms with Gasteiger partial charge in [0.15, 0.2) is 6.29 Å². The minimum absolute atomic E-state index is 0.526. The first-order valence-electron chi connectivity index (χ1n) is 3.56. The van der Waals surface area contributed by atoms with Crippen molar-refractivity contribution in [3.05, 3.63) is 0 Å². The third kappa shape index (κ3) is 1.58. The van der Waals surface area contributed by atoms with Crippen LogP contribution in [0.4, 0.5) is 0 Å². The van der Waals surface area contributed by atoms with Crippen LogP contribution in [0.1, 0.15) is 0 Å². The molecule has 0 aromatic heterocycles. The van der Waals surface area contributed by atoms with Crippen molar-refractivity contribution in [2.75, 3.05) is 6.61 Å². The third-order valence-electron chi connectivity index (χ3n) is 1.87. The Morgan fingerprint density at radius 3 is 2.00 bits per heavy atom. The number of aliphatic hydroxyl groups excluding tert-OH is 5. The van der Waals surface area contributed by atoms with E-state index in [1.807, 2.05) is 0 Å². The molecule has 0 aliphatic carbocycles. The van der Waals surface area contributed by atoms with Gasteiger partial charge in [-0.05, 0) is 0 Å². The summed E-state index contributed by atoms with van der Waals surface area (Å²) in [7, 11) is 0. The van der Waals surface area contributed by atoms with E-state index in [4.69, 9.17) is 25.5 Å². The molecular weight excluding hydrogens is 168 g/mol. The van der Waals surface area contributed by atoms with Gasteiger partial charge in [0.1, 0.15) is 24.4 Å². The molecule has 6 nitrogen and oxygen atoms in total. The molecule has 72 valence electrons. The Labute approximate surface area is 68.6 Å². The van der Waals surface area contributed by atoms with E-state index in [1.165, 1.54) is 0 Å². The number of hydrogen-bond acceptors (Lipinski definition) is 6. The topological polar surface area (TPSA) is 110 Å². The predicted octanol–water partition coefficient (Wildman–Crippen LogP) is -3.22. The van der Waals surface area contributed by atoms with Gasteiger partial charge in [-0.15, -0.1) is 0 Å². The SMILES string of the molecule is OC[C@@H]1O[C@@H](O)[C@H](O)[C@H](O)[C@@H]1O. The van der Waals surface area contributed by atoms with Crippen molar-refractivity contribution in [1.29, 1.82) is 0 Å². The van der Waals surface area contributed by atoms with E-state index in [0.29, 0.717) is 0 Å². The molecule has 0 bridgehead atoms. The molecule has 0 radical (unpaired) electrons. The normalized spacial score (nSPS) is 49.2. The number of rotatable bonds is 1. The molecular formula is C6H12O6. The van der Waals surface area contributed by atoms with E-state index in [2.05, 4.69) is 4.74 Å². The van der Waals surface area contributed by atoms with Crippen LogP contribution < -0.4 is 0 Å². The van der Waals surface area contributed by atoms with Gasteiger partial charge in [-0.3, -0.25) is 0 Å². The van der Waals surface area contributed by atoms with Gasteiger partial charge in [0, 0.05) is 0 Å². The quantitative estimate of drug-likeness (QED) is 0.290. The summed E-state index contributed by atoms with van der Waals surface area (Å²) in [4.78, 5) is 0. The van der Waals surface area contributed by atoms with Gasteiger partial charge in [0.25, 0.3) is 0 Å². The lowest BCUT2D eigenvalue weighted by atomic mass is 10.00. The average molecular weight is 180 g/mol. The first-order chi connectivity index (χ1) is 5.57. The summed E-state index contributed by atoms with van der Waals surface area (Å²) in [6, 6.07) is 0. The molecule has 0 saturated carbocycles. The molecule has 0 spiro atoms. The zero-order chi connectivity index (χ0) is 9.30. The molecule has 0 aromatic rings. The van der Waals surface area contributed by atoms with Crippen LogP contribution in [-0.4, -0.2) is 62.8 Å². The molecule has 1 heterocycles. The zero-order valence-electron chi connectivity index (χ0n) is 6.24. The molecule has 0 unspecified atom stereocenters. The largest absolute Gasteiger partial charge is 0.394 e. The minimum atomic E-state index is -1.57. The van der Waals surface area contributed by atoms with Gasteiger partial charge >= 0.3 is 0 Å². The maximum Gasteiger partial charge on any atom is 0.184 e. The standard InChI is InChI=1S/C6H12O6/c7-1-2-3(8)4(9)5(10)6(11)12-2/h2-11H,1H2/t2-,3+,4+,5+,6+/m0/s1. The number of aliphatic hydroxyl groups is 5. The zero-order valence-corrected chi connectivity index (χ0v) is 6.24. The van der Waals surface area contributed by atoms with Gasteiger partial charge < -0.3 is 30.3 Å². The average Bonchev–Trinajstić information content (AvgIpc) is 2.08. The third-order valence-corrected chi connectivity index (χ3v) is 1.87. The molecule has 1 rings (SSSR count). The van der Waals surface area contributed by atoms with Crippen LogP contribution in [0.15, 0.2) is 0 Å². The van der Waals surface area contributed by atoms with Crippen molar-refractivity contribution < 1.29 is 30.3 Å². The Bertz CT molecular complexity index is 146. The molecule has 0 amide bonds. The van der Waals surface area contributed by atoms with Crippen LogP contribution in [0.2, 0.25) is 0 Å². The van der Waals surface area contributed by atoms with Crippen molar-refractivity contribution in [3.8, 4) is 0 Å². The summed E-state index contributed by atoms with van der Waals surface area (Å²) in [5.74, 6) is 0. The van der Waals surface area contributed by atoms with Gasteiger partial charge in [0.2, 0.25) is 0 Å². The first-order valence-corrected chi connectivity index (χ1v) is 3.56. The Hall–Kier alpha value is -0.240. The molecule has 1 fully saturated rings. The van der Waals surface area contributed by atoms with Gasteiger partial charge in [0.05, 0.1) is 6.61 Å². The van der Waals surface area contributed by atoms with E-state index >= 15 is 0 Å². The number of ether oxygens (including phenoxy) is 1.